The quantitative estimate of drug-likeness (QED) is 0.224. The lowest BCUT2D eigenvalue weighted by Crippen LogP contribution is -2.28. The van der Waals surface area contributed by atoms with Gasteiger partial charge in [0.25, 0.3) is 0 Å². The van der Waals surface area contributed by atoms with Crippen LogP contribution in [0.2, 0.25) is 0 Å². The molecule has 0 aliphatic carbocycles. The second kappa shape index (κ2) is 17.6. The molecule has 148 valence electrons. The Labute approximate surface area is 149 Å². The number of carbonyl (C=O) groups excluding carboxylic acids is 1. The minimum atomic E-state index is -0.934. The predicted octanol–water partition coefficient (Wildman–Crippen LogP) is 2.00. The molecule has 0 saturated heterocycles. The Morgan fingerprint density at radius 2 is 1.40 bits per heavy atom. The van der Waals surface area contributed by atoms with Gasteiger partial charge in [-0.05, 0) is 19.3 Å². The Morgan fingerprint density at radius 3 is 1.88 bits per heavy atom. The molecule has 0 aromatic heterocycles. The van der Waals surface area contributed by atoms with Crippen LogP contribution in [0.25, 0.3) is 0 Å². The number of ether oxygens (including phenoxy) is 5. The summed E-state index contributed by atoms with van der Waals surface area (Å²) < 4.78 is 26.8. The monoisotopic (exact) mass is 364 g/mol. The maximum Gasteiger partial charge on any atom is 0.305 e. The number of carboxylic acid groups (broad SMARTS) is 1. The highest BCUT2D eigenvalue weighted by atomic mass is 16.7. The molecule has 0 heterocycles. The second-order valence-corrected chi connectivity index (χ2v) is 5.33. The van der Waals surface area contributed by atoms with Crippen LogP contribution in [0, 0.1) is 0 Å². The van der Waals surface area contributed by atoms with Gasteiger partial charge in [-0.3, -0.25) is 9.59 Å². The third-order valence-electron chi connectivity index (χ3n) is 2.91. The summed E-state index contributed by atoms with van der Waals surface area (Å²) in [5.41, 5.74) is 0. The number of rotatable bonds is 18. The fourth-order valence-corrected chi connectivity index (χ4v) is 1.73. The van der Waals surface area contributed by atoms with Gasteiger partial charge in [0.2, 0.25) is 0 Å². The van der Waals surface area contributed by atoms with Gasteiger partial charge in [0.1, 0.15) is 6.61 Å². The first-order valence-corrected chi connectivity index (χ1v) is 8.86. The molecule has 0 rings (SSSR count). The van der Waals surface area contributed by atoms with Crippen molar-refractivity contribution in [2.45, 2.75) is 52.2 Å². The Balaban J connectivity index is 4.00. The zero-order valence-corrected chi connectivity index (χ0v) is 15.4. The number of carboxylic acids is 1. The van der Waals surface area contributed by atoms with Crippen molar-refractivity contribution in [2.75, 3.05) is 46.2 Å². The summed E-state index contributed by atoms with van der Waals surface area (Å²) in [5.74, 6) is -1.40. The molecule has 8 nitrogen and oxygen atoms in total. The second-order valence-electron chi connectivity index (χ2n) is 5.33. The van der Waals surface area contributed by atoms with Crippen LogP contribution in [-0.4, -0.2) is 69.6 Å². The normalized spacial score (nSPS) is 11.0. The van der Waals surface area contributed by atoms with Crippen LogP contribution in [0.5, 0.6) is 0 Å². The van der Waals surface area contributed by atoms with Crippen LogP contribution in [0.3, 0.4) is 0 Å². The number of aliphatic carboxylic acids is 1. The Morgan fingerprint density at radius 1 is 0.840 bits per heavy atom. The summed E-state index contributed by atoms with van der Waals surface area (Å²) in [6, 6.07) is 0. The van der Waals surface area contributed by atoms with Gasteiger partial charge in [0.05, 0.1) is 26.4 Å². The van der Waals surface area contributed by atoms with Crippen LogP contribution in [-0.2, 0) is 33.3 Å². The van der Waals surface area contributed by atoms with Crippen LogP contribution in [0.15, 0.2) is 0 Å². The number of esters is 1. The van der Waals surface area contributed by atoms with E-state index in [0.29, 0.717) is 39.6 Å². The molecular formula is C17H32O8. The molecule has 0 radical (unpaired) electrons. The van der Waals surface area contributed by atoms with E-state index in [0.717, 1.165) is 12.8 Å². The highest BCUT2D eigenvalue weighted by molar-refractivity contribution is 5.71. The number of carbonyl (C=O) groups is 2. The summed E-state index contributed by atoms with van der Waals surface area (Å²) in [5, 5.41) is 8.55. The van der Waals surface area contributed by atoms with E-state index in [1.54, 1.807) is 0 Å². The SMILES string of the molecule is CCCOCCOC(COC(=O)CCCC(=O)O)OCCOCCC. The van der Waals surface area contributed by atoms with Crippen molar-refractivity contribution in [3.05, 3.63) is 0 Å². The van der Waals surface area contributed by atoms with Crippen molar-refractivity contribution < 1.29 is 38.4 Å². The van der Waals surface area contributed by atoms with Gasteiger partial charge in [0, 0.05) is 26.1 Å². The van der Waals surface area contributed by atoms with Crippen molar-refractivity contribution in [1.82, 2.24) is 0 Å². The van der Waals surface area contributed by atoms with E-state index >= 15 is 0 Å². The van der Waals surface area contributed by atoms with E-state index < -0.39 is 18.2 Å². The maximum atomic E-state index is 11.6. The van der Waals surface area contributed by atoms with Crippen molar-refractivity contribution in [3.63, 3.8) is 0 Å². The van der Waals surface area contributed by atoms with Crippen LogP contribution >= 0.6 is 0 Å². The summed E-state index contributed by atoms with van der Waals surface area (Å²) in [4.78, 5) is 22.0. The molecule has 0 bridgehead atoms. The first kappa shape index (κ1) is 23.8. The largest absolute Gasteiger partial charge is 0.481 e. The average molecular weight is 364 g/mol. The van der Waals surface area contributed by atoms with E-state index in [4.69, 9.17) is 28.8 Å². The molecule has 1 N–H and O–H groups in total. The lowest BCUT2D eigenvalue weighted by atomic mass is 10.2. The minimum Gasteiger partial charge on any atom is -0.481 e. The summed E-state index contributed by atoms with van der Waals surface area (Å²) in [6.45, 7) is 6.86. The number of hydrogen-bond donors (Lipinski definition) is 1. The van der Waals surface area contributed by atoms with E-state index in [1.807, 2.05) is 13.8 Å². The molecular weight excluding hydrogens is 332 g/mol. The lowest BCUT2D eigenvalue weighted by Gasteiger charge is -2.18. The van der Waals surface area contributed by atoms with E-state index in [-0.39, 0.29) is 25.9 Å². The van der Waals surface area contributed by atoms with Gasteiger partial charge in [0.15, 0.2) is 6.29 Å². The van der Waals surface area contributed by atoms with Crippen LogP contribution in [0.1, 0.15) is 46.0 Å². The molecule has 25 heavy (non-hydrogen) atoms. The maximum absolute atomic E-state index is 11.6. The van der Waals surface area contributed by atoms with Crippen molar-refractivity contribution >= 4 is 11.9 Å². The predicted molar refractivity (Wildman–Crippen MR) is 90.4 cm³/mol. The van der Waals surface area contributed by atoms with E-state index in [9.17, 15) is 9.59 Å². The smallest absolute Gasteiger partial charge is 0.305 e. The lowest BCUT2D eigenvalue weighted by molar-refractivity contribution is -0.190. The zero-order valence-electron chi connectivity index (χ0n) is 15.4. The van der Waals surface area contributed by atoms with Crippen molar-refractivity contribution in [3.8, 4) is 0 Å². The van der Waals surface area contributed by atoms with Gasteiger partial charge in [-0.25, -0.2) is 0 Å². The summed E-state index contributed by atoms with van der Waals surface area (Å²) >= 11 is 0. The number of hydrogen-bond acceptors (Lipinski definition) is 7. The molecule has 8 heteroatoms. The summed E-state index contributed by atoms with van der Waals surface area (Å²) in [6.07, 6.45) is 1.41. The average Bonchev–Trinajstić information content (AvgIpc) is 2.58. The highest BCUT2D eigenvalue weighted by Gasteiger charge is 2.13. The molecule has 0 aromatic carbocycles. The van der Waals surface area contributed by atoms with Gasteiger partial charge < -0.3 is 28.8 Å². The zero-order chi connectivity index (χ0) is 18.8. The topological polar surface area (TPSA) is 101 Å². The molecule has 0 aliphatic rings. The molecule has 0 saturated carbocycles. The highest BCUT2D eigenvalue weighted by Crippen LogP contribution is 2.02. The van der Waals surface area contributed by atoms with Gasteiger partial charge in [-0.1, -0.05) is 13.8 Å². The Bertz CT molecular complexity index is 321. The van der Waals surface area contributed by atoms with E-state index in [1.165, 1.54) is 0 Å². The van der Waals surface area contributed by atoms with Crippen LogP contribution < -0.4 is 0 Å². The molecule has 0 spiro atoms. The van der Waals surface area contributed by atoms with E-state index in [2.05, 4.69) is 0 Å². The van der Waals surface area contributed by atoms with Crippen molar-refractivity contribution in [2.24, 2.45) is 0 Å². The molecule has 0 amide bonds. The Kier molecular flexibility index (Phi) is 16.7. The van der Waals surface area contributed by atoms with Gasteiger partial charge in [-0.15, -0.1) is 0 Å². The molecule has 0 fully saturated rings. The third-order valence-corrected chi connectivity index (χ3v) is 2.91. The third kappa shape index (κ3) is 17.4. The van der Waals surface area contributed by atoms with Crippen LogP contribution in [0.4, 0.5) is 0 Å². The van der Waals surface area contributed by atoms with Crippen molar-refractivity contribution in [1.29, 1.82) is 0 Å². The summed E-state index contributed by atoms with van der Waals surface area (Å²) in [7, 11) is 0. The minimum absolute atomic E-state index is 0.0482. The molecule has 0 aromatic rings. The fourth-order valence-electron chi connectivity index (χ4n) is 1.73. The first-order valence-electron chi connectivity index (χ1n) is 8.86. The molecule has 0 aliphatic heterocycles. The molecule has 0 unspecified atom stereocenters. The Hall–Kier alpha value is -1.22. The van der Waals surface area contributed by atoms with Gasteiger partial charge in [-0.2, -0.15) is 0 Å². The first-order chi connectivity index (χ1) is 12.1. The van der Waals surface area contributed by atoms with Gasteiger partial charge >= 0.3 is 11.9 Å². The molecule has 0 atom stereocenters. The standard InChI is InChI=1S/C17H32O8/c1-3-8-21-10-12-23-17(24-13-11-22-9-4-2)14-25-16(20)7-5-6-15(18)19/h17H,3-14H2,1-2H3,(H,18,19). The fraction of sp³-hybridized carbons (Fsp3) is 0.882.